The second kappa shape index (κ2) is 3.78. The molecule has 0 aliphatic carbocycles. The quantitative estimate of drug-likeness (QED) is 0.703. The zero-order valence-corrected chi connectivity index (χ0v) is 9.16. The summed E-state index contributed by atoms with van der Waals surface area (Å²) in [4.78, 5) is 15.2. The van der Waals surface area contributed by atoms with Crippen molar-refractivity contribution >= 4 is 21.8 Å². The standard InChI is InChI=1S/C8H11N3O4S/c9-8-11-6(3-15-8)7(12)10-5-1-2-16(13,14)4-5/h3,5H,1-2,4H2,(H2,9,11)(H,10,12). The predicted molar refractivity (Wildman–Crippen MR) is 55.4 cm³/mol. The molecule has 2 rings (SSSR count). The largest absolute Gasteiger partial charge is 0.431 e. The summed E-state index contributed by atoms with van der Waals surface area (Å²) in [7, 11) is -3.00. The van der Waals surface area contributed by atoms with Gasteiger partial charge < -0.3 is 15.5 Å². The van der Waals surface area contributed by atoms with Gasteiger partial charge in [-0.15, -0.1) is 0 Å². The number of nitrogens with one attached hydrogen (secondary N) is 1. The number of nitrogens with zero attached hydrogens (tertiary/aromatic N) is 1. The van der Waals surface area contributed by atoms with Crippen LogP contribution >= 0.6 is 0 Å². The monoisotopic (exact) mass is 245 g/mol. The summed E-state index contributed by atoms with van der Waals surface area (Å²) >= 11 is 0. The number of nitrogens with two attached hydrogens (primary N) is 1. The van der Waals surface area contributed by atoms with Gasteiger partial charge in [0.15, 0.2) is 15.5 Å². The highest BCUT2D eigenvalue weighted by Crippen LogP contribution is 2.12. The molecule has 1 saturated heterocycles. The van der Waals surface area contributed by atoms with Gasteiger partial charge in [-0.2, -0.15) is 4.98 Å². The fourth-order valence-electron chi connectivity index (χ4n) is 1.56. The van der Waals surface area contributed by atoms with E-state index >= 15 is 0 Å². The molecule has 1 aromatic rings. The molecule has 0 bridgehead atoms. The number of sulfone groups is 1. The lowest BCUT2D eigenvalue weighted by Crippen LogP contribution is -2.35. The molecule has 88 valence electrons. The molecule has 7 nitrogen and oxygen atoms in total. The van der Waals surface area contributed by atoms with E-state index in [0.29, 0.717) is 6.42 Å². The number of oxazole rings is 1. The Labute approximate surface area is 91.9 Å². The molecular formula is C8H11N3O4S. The average molecular weight is 245 g/mol. The van der Waals surface area contributed by atoms with Crippen molar-refractivity contribution in [3.05, 3.63) is 12.0 Å². The number of aromatic nitrogens is 1. The first-order chi connectivity index (χ1) is 7.46. The highest BCUT2D eigenvalue weighted by atomic mass is 32.2. The Kier molecular flexibility index (Phi) is 2.58. The van der Waals surface area contributed by atoms with Crippen LogP contribution < -0.4 is 11.1 Å². The minimum absolute atomic E-state index is 0.0218. The number of nitrogen functional groups attached to an aromatic ring is 1. The van der Waals surface area contributed by atoms with Crippen LogP contribution in [0.4, 0.5) is 6.01 Å². The van der Waals surface area contributed by atoms with E-state index in [-0.39, 0.29) is 29.3 Å². The van der Waals surface area contributed by atoms with Gasteiger partial charge in [0.05, 0.1) is 11.5 Å². The lowest BCUT2D eigenvalue weighted by Gasteiger charge is -2.08. The van der Waals surface area contributed by atoms with Crippen LogP contribution in [-0.4, -0.2) is 36.9 Å². The number of amides is 1. The molecule has 0 saturated carbocycles. The highest BCUT2D eigenvalue weighted by molar-refractivity contribution is 7.91. The van der Waals surface area contributed by atoms with Gasteiger partial charge in [-0.25, -0.2) is 8.42 Å². The highest BCUT2D eigenvalue weighted by Gasteiger charge is 2.29. The van der Waals surface area contributed by atoms with Gasteiger partial charge in [0.2, 0.25) is 0 Å². The number of rotatable bonds is 2. The van der Waals surface area contributed by atoms with E-state index in [4.69, 9.17) is 5.73 Å². The summed E-state index contributed by atoms with van der Waals surface area (Å²) in [6, 6.07) is -0.445. The summed E-state index contributed by atoms with van der Waals surface area (Å²) in [5.41, 5.74) is 5.27. The van der Waals surface area contributed by atoms with Crippen molar-refractivity contribution in [1.29, 1.82) is 0 Å². The Morgan fingerprint density at radius 2 is 2.38 bits per heavy atom. The number of carbonyl (C=O) groups excluding carboxylic acids is 1. The summed E-state index contributed by atoms with van der Waals surface area (Å²) < 4.78 is 27.0. The SMILES string of the molecule is Nc1nc(C(=O)NC2CCS(=O)(=O)C2)co1. The molecular weight excluding hydrogens is 234 g/mol. The lowest BCUT2D eigenvalue weighted by molar-refractivity contribution is 0.0936. The van der Waals surface area contributed by atoms with Gasteiger partial charge in [-0.1, -0.05) is 0 Å². The fourth-order valence-corrected chi connectivity index (χ4v) is 3.23. The topological polar surface area (TPSA) is 115 Å². The Balaban J connectivity index is 1.99. The fraction of sp³-hybridized carbons (Fsp3) is 0.500. The molecule has 1 atom stereocenters. The maximum absolute atomic E-state index is 11.5. The molecule has 3 N–H and O–H groups in total. The van der Waals surface area contributed by atoms with Crippen LogP contribution in [0.1, 0.15) is 16.9 Å². The van der Waals surface area contributed by atoms with E-state index in [2.05, 4.69) is 14.7 Å². The van der Waals surface area contributed by atoms with Gasteiger partial charge in [-0.05, 0) is 6.42 Å². The Morgan fingerprint density at radius 3 is 2.88 bits per heavy atom. The first kappa shape index (κ1) is 10.9. The summed E-state index contributed by atoms with van der Waals surface area (Å²) in [5.74, 6) is -0.382. The molecule has 1 aromatic heterocycles. The smallest absolute Gasteiger partial charge is 0.292 e. The third kappa shape index (κ3) is 2.32. The Bertz CT molecular complexity index is 507. The molecule has 2 heterocycles. The van der Waals surface area contributed by atoms with Crippen LogP contribution in [0, 0.1) is 0 Å². The average Bonchev–Trinajstić information content (AvgIpc) is 2.73. The summed E-state index contributed by atoms with van der Waals surface area (Å²) in [6.07, 6.45) is 1.57. The van der Waals surface area contributed by atoms with Gasteiger partial charge >= 0.3 is 0 Å². The minimum atomic E-state index is -3.00. The van der Waals surface area contributed by atoms with E-state index in [9.17, 15) is 13.2 Å². The normalized spacial score (nSPS) is 23.1. The van der Waals surface area contributed by atoms with Gasteiger partial charge in [0.1, 0.15) is 6.26 Å². The van der Waals surface area contributed by atoms with Gasteiger partial charge in [0.25, 0.3) is 11.9 Å². The van der Waals surface area contributed by atoms with Crippen LogP contribution in [0.2, 0.25) is 0 Å². The molecule has 0 aromatic carbocycles. The van der Waals surface area contributed by atoms with Crippen LogP contribution in [0.15, 0.2) is 10.7 Å². The van der Waals surface area contributed by atoms with Crippen molar-refractivity contribution in [1.82, 2.24) is 10.3 Å². The molecule has 1 unspecified atom stereocenters. The molecule has 8 heteroatoms. The third-order valence-corrected chi connectivity index (χ3v) is 4.09. The first-order valence-corrected chi connectivity index (χ1v) is 6.51. The van der Waals surface area contributed by atoms with E-state index < -0.39 is 15.7 Å². The van der Waals surface area contributed by atoms with E-state index in [1.165, 1.54) is 0 Å². The van der Waals surface area contributed by atoms with Gasteiger partial charge in [0, 0.05) is 6.04 Å². The molecule has 1 amide bonds. The third-order valence-electron chi connectivity index (χ3n) is 2.32. The predicted octanol–water partition coefficient (Wildman–Crippen LogP) is -0.826. The van der Waals surface area contributed by atoms with Crippen molar-refractivity contribution in [2.24, 2.45) is 0 Å². The summed E-state index contributed by atoms with van der Waals surface area (Å²) in [5, 5.41) is 2.57. The molecule has 1 aliphatic rings. The second-order valence-corrected chi connectivity index (χ2v) is 5.87. The number of carbonyl (C=O) groups is 1. The van der Waals surface area contributed by atoms with Crippen LogP contribution in [0.5, 0.6) is 0 Å². The number of hydrogen-bond donors (Lipinski definition) is 2. The first-order valence-electron chi connectivity index (χ1n) is 4.68. The second-order valence-electron chi connectivity index (χ2n) is 3.64. The molecule has 1 fully saturated rings. The Hall–Kier alpha value is -1.57. The van der Waals surface area contributed by atoms with Crippen molar-refractivity contribution in [3.8, 4) is 0 Å². The zero-order valence-electron chi connectivity index (χ0n) is 8.34. The maximum Gasteiger partial charge on any atom is 0.292 e. The molecule has 1 aliphatic heterocycles. The maximum atomic E-state index is 11.5. The Morgan fingerprint density at radius 1 is 1.62 bits per heavy atom. The van der Waals surface area contributed by atoms with Crippen molar-refractivity contribution in [2.75, 3.05) is 17.2 Å². The lowest BCUT2D eigenvalue weighted by atomic mass is 10.2. The summed E-state index contributed by atoms with van der Waals surface area (Å²) in [6.45, 7) is 0. The minimum Gasteiger partial charge on any atom is -0.431 e. The number of hydrogen-bond acceptors (Lipinski definition) is 6. The van der Waals surface area contributed by atoms with E-state index in [1.807, 2.05) is 0 Å². The zero-order chi connectivity index (χ0) is 11.8. The van der Waals surface area contributed by atoms with Gasteiger partial charge in [-0.3, -0.25) is 4.79 Å². The van der Waals surface area contributed by atoms with Crippen LogP contribution in [-0.2, 0) is 9.84 Å². The van der Waals surface area contributed by atoms with Crippen molar-refractivity contribution < 1.29 is 17.6 Å². The molecule has 16 heavy (non-hydrogen) atoms. The molecule has 0 spiro atoms. The van der Waals surface area contributed by atoms with Crippen molar-refractivity contribution in [3.63, 3.8) is 0 Å². The number of anilines is 1. The van der Waals surface area contributed by atoms with Crippen molar-refractivity contribution in [2.45, 2.75) is 12.5 Å². The van der Waals surface area contributed by atoms with Crippen LogP contribution in [0.3, 0.4) is 0 Å². The van der Waals surface area contributed by atoms with Crippen LogP contribution in [0.25, 0.3) is 0 Å². The van der Waals surface area contributed by atoms with E-state index in [1.54, 1.807) is 0 Å². The van der Waals surface area contributed by atoms with E-state index in [0.717, 1.165) is 6.26 Å². The molecule has 0 radical (unpaired) electrons.